The van der Waals surface area contributed by atoms with E-state index in [-0.39, 0.29) is 6.10 Å². The summed E-state index contributed by atoms with van der Waals surface area (Å²) in [4.78, 5) is 3.62. The predicted molar refractivity (Wildman–Crippen MR) is 76.5 cm³/mol. The molecular weight excluding hydrogens is 242 g/mol. The molecule has 2 bridgehead atoms. The monoisotopic (exact) mass is 261 g/mol. The van der Waals surface area contributed by atoms with E-state index in [2.05, 4.69) is 41.5 Å². The van der Waals surface area contributed by atoms with Crippen LogP contribution in [0.15, 0.2) is 34.9 Å². The van der Waals surface area contributed by atoms with Gasteiger partial charge in [-0.05, 0) is 48.8 Å². The number of nitrogens with zero attached hydrogens (tertiary/aromatic N) is 1. The highest BCUT2D eigenvalue weighted by Gasteiger charge is 2.36. The van der Waals surface area contributed by atoms with Gasteiger partial charge in [0, 0.05) is 23.7 Å². The molecule has 18 heavy (non-hydrogen) atoms. The van der Waals surface area contributed by atoms with E-state index in [1.54, 1.807) is 11.8 Å². The van der Waals surface area contributed by atoms with E-state index in [0.717, 1.165) is 31.6 Å². The predicted octanol–water partition coefficient (Wildman–Crippen LogP) is 2.84. The van der Waals surface area contributed by atoms with Crippen molar-refractivity contribution in [2.24, 2.45) is 5.92 Å². The third kappa shape index (κ3) is 2.17. The van der Waals surface area contributed by atoms with Gasteiger partial charge < -0.3 is 10.0 Å². The van der Waals surface area contributed by atoms with Crippen LogP contribution in [-0.4, -0.2) is 35.5 Å². The molecule has 2 nitrogen and oxygen atoms in total. The zero-order valence-corrected chi connectivity index (χ0v) is 11.5. The van der Waals surface area contributed by atoms with Crippen molar-refractivity contribution >= 4 is 17.8 Å². The molecule has 0 radical (unpaired) electrons. The van der Waals surface area contributed by atoms with Crippen molar-refractivity contribution < 1.29 is 5.11 Å². The maximum atomic E-state index is 10.3. The summed E-state index contributed by atoms with van der Waals surface area (Å²) in [7, 11) is 0. The van der Waals surface area contributed by atoms with Gasteiger partial charge in [0.2, 0.25) is 0 Å². The summed E-state index contributed by atoms with van der Waals surface area (Å²) < 4.78 is 0. The summed E-state index contributed by atoms with van der Waals surface area (Å²) in [5.74, 6) is 0.478. The molecule has 3 aliphatic rings. The lowest BCUT2D eigenvalue weighted by Gasteiger charge is -2.45. The molecule has 96 valence electrons. The van der Waals surface area contributed by atoms with Crippen molar-refractivity contribution in [3.63, 3.8) is 0 Å². The average Bonchev–Trinajstić information content (AvgIpc) is 2.44. The Morgan fingerprint density at radius 1 is 1.22 bits per heavy atom. The lowest BCUT2D eigenvalue weighted by Crippen LogP contribution is -2.48. The highest BCUT2D eigenvalue weighted by atomic mass is 32.2. The Labute approximate surface area is 113 Å². The summed E-state index contributed by atoms with van der Waals surface area (Å²) >= 11 is 1.76. The van der Waals surface area contributed by atoms with Gasteiger partial charge in [-0.15, -0.1) is 11.8 Å². The summed E-state index contributed by atoms with van der Waals surface area (Å²) in [5, 5.41) is 10.3. The lowest BCUT2D eigenvalue weighted by atomic mass is 9.83. The molecule has 1 atom stereocenters. The van der Waals surface area contributed by atoms with Gasteiger partial charge in [-0.25, -0.2) is 0 Å². The van der Waals surface area contributed by atoms with E-state index in [9.17, 15) is 5.11 Å². The van der Waals surface area contributed by atoms with E-state index in [1.165, 1.54) is 10.5 Å². The minimum absolute atomic E-state index is 0.257. The quantitative estimate of drug-likeness (QED) is 0.828. The molecule has 1 N–H and O–H groups in total. The largest absolute Gasteiger partial charge is 0.387 e. The molecule has 0 saturated carbocycles. The Balaban J connectivity index is 1.86. The van der Waals surface area contributed by atoms with Crippen molar-refractivity contribution in [1.29, 1.82) is 0 Å². The van der Waals surface area contributed by atoms with Crippen LogP contribution in [-0.2, 0) is 0 Å². The second-order valence-corrected chi connectivity index (χ2v) is 5.99. The number of hydrogen-bond donors (Lipinski definition) is 1. The Kier molecular flexibility index (Phi) is 3.35. The summed E-state index contributed by atoms with van der Waals surface area (Å²) in [5.41, 5.74) is 2.31. The minimum atomic E-state index is -0.257. The Hall–Kier alpha value is -0.930. The summed E-state index contributed by atoms with van der Waals surface area (Å²) in [6.07, 6.45) is 6.27. The normalized spacial score (nSPS) is 29.0. The van der Waals surface area contributed by atoms with Crippen molar-refractivity contribution in [3.05, 3.63) is 35.5 Å². The molecule has 3 heterocycles. The first kappa shape index (κ1) is 12.1. The molecular formula is C15H19NOS. The van der Waals surface area contributed by atoms with E-state index in [4.69, 9.17) is 0 Å². The highest BCUT2D eigenvalue weighted by molar-refractivity contribution is 7.98. The van der Waals surface area contributed by atoms with Gasteiger partial charge in [0.05, 0.1) is 6.10 Å². The first-order chi connectivity index (χ1) is 8.78. The minimum Gasteiger partial charge on any atom is -0.387 e. The highest BCUT2D eigenvalue weighted by Crippen LogP contribution is 2.35. The van der Waals surface area contributed by atoms with E-state index in [1.807, 2.05) is 0 Å². The number of aliphatic hydroxyl groups is 1. The van der Waals surface area contributed by atoms with Gasteiger partial charge in [-0.3, -0.25) is 0 Å². The molecule has 3 heteroatoms. The molecule has 3 fully saturated rings. The fraction of sp³-hybridized carbons (Fsp3) is 0.467. The second-order valence-electron chi connectivity index (χ2n) is 5.11. The average molecular weight is 261 g/mol. The topological polar surface area (TPSA) is 23.5 Å². The summed E-state index contributed by atoms with van der Waals surface area (Å²) in [6.45, 7) is 2.22. The van der Waals surface area contributed by atoms with Gasteiger partial charge in [-0.1, -0.05) is 12.1 Å². The SMILES string of the molecule is CSc1ccc(/C=C2/[C@@H](O)C3CCN2CC3)cc1. The van der Waals surface area contributed by atoms with Crippen molar-refractivity contribution in [2.45, 2.75) is 23.8 Å². The van der Waals surface area contributed by atoms with Gasteiger partial charge in [0.15, 0.2) is 0 Å². The Morgan fingerprint density at radius 3 is 2.44 bits per heavy atom. The van der Waals surface area contributed by atoms with Crippen LogP contribution in [0.1, 0.15) is 18.4 Å². The molecule has 3 aliphatic heterocycles. The maximum absolute atomic E-state index is 10.3. The van der Waals surface area contributed by atoms with Gasteiger partial charge in [-0.2, -0.15) is 0 Å². The zero-order valence-electron chi connectivity index (χ0n) is 10.7. The Morgan fingerprint density at radius 2 is 1.89 bits per heavy atom. The zero-order chi connectivity index (χ0) is 12.5. The van der Waals surface area contributed by atoms with Crippen molar-refractivity contribution in [2.75, 3.05) is 19.3 Å². The van der Waals surface area contributed by atoms with Gasteiger partial charge in [0.25, 0.3) is 0 Å². The third-order valence-corrected chi connectivity index (χ3v) is 4.83. The fourth-order valence-corrected chi connectivity index (χ4v) is 3.36. The van der Waals surface area contributed by atoms with Gasteiger partial charge in [0.1, 0.15) is 0 Å². The number of thioether (sulfide) groups is 1. The molecule has 1 aromatic rings. The first-order valence-electron chi connectivity index (χ1n) is 6.56. The van der Waals surface area contributed by atoms with Crippen LogP contribution >= 0.6 is 11.8 Å². The van der Waals surface area contributed by atoms with E-state index >= 15 is 0 Å². The van der Waals surface area contributed by atoms with Crippen LogP contribution < -0.4 is 0 Å². The molecule has 0 aliphatic carbocycles. The van der Waals surface area contributed by atoms with Crippen LogP contribution in [0.5, 0.6) is 0 Å². The molecule has 0 unspecified atom stereocenters. The van der Waals surface area contributed by atoms with E-state index in [0.29, 0.717) is 5.92 Å². The van der Waals surface area contributed by atoms with Gasteiger partial charge >= 0.3 is 0 Å². The van der Waals surface area contributed by atoms with E-state index < -0.39 is 0 Å². The summed E-state index contributed by atoms with van der Waals surface area (Å²) in [6, 6.07) is 8.55. The van der Waals surface area contributed by atoms with Crippen molar-refractivity contribution in [1.82, 2.24) is 4.90 Å². The number of rotatable bonds is 2. The van der Waals surface area contributed by atoms with Crippen LogP contribution in [0.25, 0.3) is 6.08 Å². The number of piperidine rings is 3. The van der Waals surface area contributed by atoms with Crippen LogP contribution in [0.2, 0.25) is 0 Å². The van der Waals surface area contributed by atoms with Crippen LogP contribution in [0.4, 0.5) is 0 Å². The van der Waals surface area contributed by atoms with Crippen LogP contribution in [0, 0.1) is 5.92 Å². The second kappa shape index (κ2) is 4.98. The molecule has 0 spiro atoms. The molecule has 3 saturated heterocycles. The fourth-order valence-electron chi connectivity index (χ4n) is 2.95. The third-order valence-electron chi connectivity index (χ3n) is 4.08. The molecule has 4 rings (SSSR count). The number of aliphatic hydroxyl groups excluding tert-OH is 1. The number of fused-ring (bicyclic) bond motifs is 3. The standard InChI is InChI=1S/C15H19NOS/c1-18-13-4-2-11(3-5-13)10-14-15(17)12-6-8-16(14)9-7-12/h2-5,10,12,15,17H,6-9H2,1H3/b14-10-/t15-/m0/s1. The maximum Gasteiger partial charge on any atom is 0.0965 e. The Bertz CT molecular complexity index is 442. The molecule has 0 aromatic heterocycles. The molecule has 0 amide bonds. The number of benzene rings is 1. The number of hydrogen-bond acceptors (Lipinski definition) is 3. The molecule has 1 aromatic carbocycles. The smallest absolute Gasteiger partial charge is 0.0965 e. The first-order valence-corrected chi connectivity index (χ1v) is 7.79. The lowest BCUT2D eigenvalue weighted by molar-refractivity contribution is 0.0215. The van der Waals surface area contributed by atoms with Crippen molar-refractivity contribution in [3.8, 4) is 0 Å². The van der Waals surface area contributed by atoms with Crippen LogP contribution in [0.3, 0.4) is 0 Å².